The molecule has 0 radical (unpaired) electrons. The number of hydrogen-bond acceptors (Lipinski definition) is 6. The number of fused-ring (bicyclic) bond motifs is 1. The molecule has 0 unspecified atom stereocenters. The Morgan fingerprint density at radius 3 is 2.61 bits per heavy atom. The summed E-state index contributed by atoms with van der Waals surface area (Å²) in [4.78, 5) is 22.1. The Morgan fingerprint density at radius 1 is 1.12 bits per heavy atom. The Labute approximate surface area is 200 Å². The number of rotatable bonds is 9. The summed E-state index contributed by atoms with van der Waals surface area (Å²) in [6.07, 6.45) is 2.15. The quantitative estimate of drug-likeness (QED) is 0.466. The summed E-state index contributed by atoms with van der Waals surface area (Å²) in [7, 11) is 0. The molecule has 0 atom stereocenters. The molecule has 4 rings (SSSR count). The van der Waals surface area contributed by atoms with Gasteiger partial charge in [0.2, 0.25) is 0 Å². The molecule has 1 N–H and O–H groups in total. The van der Waals surface area contributed by atoms with Crippen molar-refractivity contribution >= 4 is 32.6 Å². The number of unbranched alkanes of at least 4 members (excludes halogenated alkanes) is 1. The first-order valence-corrected chi connectivity index (χ1v) is 12.7. The van der Waals surface area contributed by atoms with Crippen LogP contribution in [0.3, 0.4) is 0 Å². The van der Waals surface area contributed by atoms with Crippen LogP contribution in [0.25, 0.3) is 10.2 Å². The first-order valence-electron chi connectivity index (χ1n) is 11.9. The lowest BCUT2D eigenvalue weighted by Gasteiger charge is -2.34. The van der Waals surface area contributed by atoms with Crippen LogP contribution in [0.1, 0.15) is 41.3 Å². The van der Waals surface area contributed by atoms with E-state index < -0.39 is 0 Å². The Hall–Kier alpha value is -2.64. The second-order valence-electron chi connectivity index (χ2n) is 8.74. The van der Waals surface area contributed by atoms with Crippen LogP contribution in [0.2, 0.25) is 0 Å². The molecule has 1 aliphatic heterocycles. The van der Waals surface area contributed by atoms with E-state index in [1.807, 2.05) is 24.3 Å². The van der Waals surface area contributed by atoms with Gasteiger partial charge in [-0.05, 0) is 61.7 Å². The zero-order chi connectivity index (χ0) is 23.2. The van der Waals surface area contributed by atoms with Crippen LogP contribution < -0.4 is 15.0 Å². The number of hydrogen-bond donors (Lipinski definition) is 1. The number of aromatic nitrogens is 1. The third kappa shape index (κ3) is 6.03. The van der Waals surface area contributed by atoms with Crippen LogP contribution in [0, 0.1) is 13.8 Å². The number of carbonyl (C=O) groups excluding carboxylic acids is 1. The van der Waals surface area contributed by atoms with Gasteiger partial charge in [0, 0.05) is 44.8 Å². The zero-order valence-corrected chi connectivity index (χ0v) is 20.7. The molecule has 3 aromatic rings. The predicted octanol–water partition coefficient (Wildman–Crippen LogP) is 4.64. The number of ether oxygens (including phenoxy) is 1. The maximum absolute atomic E-state index is 12.4. The standard InChI is InChI=1S/C26H34N4O2S/c1-4-5-16-32-22-8-6-21(7-9-22)25(31)27-10-11-29-12-14-30(15-13-29)26-28-24-20(3)17-19(2)18-23(24)33-26/h6-9,17-18H,4-5,10-16H2,1-3H3,(H,27,31). The fourth-order valence-electron chi connectivity index (χ4n) is 4.12. The van der Waals surface area contributed by atoms with Crippen LogP contribution in [0.5, 0.6) is 5.75 Å². The summed E-state index contributed by atoms with van der Waals surface area (Å²) in [6, 6.07) is 11.8. The van der Waals surface area contributed by atoms with Gasteiger partial charge in [-0.1, -0.05) is 30.7 Å². The number of nitrogens with one attached hydrogen (secondary N) is 1. The summed E-state index contributed by atoms with van der Waals surface area (Å²) >= 11 is 1.79. The molecule has 0 saturated carbocycles. The molecular weight excluding hydrogens is 432 g/mol. The summed E-state index contributed by atoms with van der Waals surface area (Å²) in [5.74, 6) is 0.783. The molecule has 0 aliphatic carbocycles. The normalized spacial score (nSPS) is 14.6. The summed E-state index contributed by atoms with van der Waals surface area (Å²) in [6.45, 7) is 12.5. The highest BCUT2D eigenvalue weighted by Gasteiger charge is 2.20. The van der Waals surface area contributed by atoms with Crippen molar-refractivity contribution in [2.75, 3.05) is 50.8 Å². The van der Waals surface area contributed by atoms with Gasteiger partial charge in [-0.25, -0.2) is 4.98 Å². The van der Waals surface area contributed by atoms with Gasteiger partial charge < -0.3 is 15.0 Å². The summed E-state index contributed by atoms with van der Waals surface area (Å²) in [5.41, 5.74) is 4.34. The van der Waals surface area contributed by atoms with Crippen molar-refractivity contribution in [2.24, 2.45) is 0 Å². The van der Waals surface area contributed by atoms with Crippen LogP contribution in [-0.4, -0.2) is 61.7 Å². The highest BCUT2D eigenvalue weighted by Crippen LogP contribution is 2.32. The van der Waals surface area contributed by atoms with Crippen LogP contribution in [-0.2, 0) is 0 Å². The van der Waals surface area contributed by atoms with Crippen LogP contribution in [0.15, 0.2) is 36.4 Å². The molecule has 0 spiro atoms. The van der Waals surface area contributed by atoms with Crippen molar-refractivity contribution in [3.8, 4) is 5.75 Å². The van der Waals surface area contributed by atoms with E-state index in [0.29, 0.717) is 18.7 Å². The summed E-state index contributed by atoms with van der Waals surface area (Å²) < 4.78 is 6.94. The maximum Gasteiger partial charge on any atom is 0.251 e. The van der Waals surface area contributed by atoms with Crippen molar-refractivity contribution in [1.82, 2.24) is 15.2 Å². The molecule has 0 bridgehead atoms. The fourth-order valence-corrected chi connectivity index (χ4v) is 5.32. The number of nitrogens with zero attached hydrogens (tertiary/aromatic N) is 3. The van der Waals surface area contributed by atoms with Crippen molar-refractivity contribution < 1.29 is 9.53 Å². The van der Waals surface area contributed by atoms with Crippen molar-refractivity contribution in [3.05, 3.63) is 53.1 Å². The number of benzene rings is 2. The number of carbonyl (C=O) groups is 1. The van der Waals surface area contributed by atoms with E-state index in [4.69, 9.17) is 9.72 Å². The third-order valence-electron chi connectivity index (χ3n) is 6.06. The average Bonchev–Trinajstić information content (AvgIpc) is 3.24. The van der Waals surface area contributed by atoms with E-state index in [0.717, 1.165) is 62.0 Å². The Bertz CT molecular complexity index is 1070. The molecule has 7 heteroatoms. The number of amides is 1. The third-order valence-corrected chi connectivity index (χ3v) is 7.12. The largest absolute Gasteiger partial charge is 0.494 e. The molecule has 33 heavy (non-hydrogen) atoms. The molecule has 1 aromatic heterocycles. The molecule has 6 nitrogen and oxygen atoms in total. The van der Waals surface area contributed by atoms with Gasteiger partial charge in [-0.3, -0.25) is 9.69 Å². The lowest BCUT2D eigenvalue weighted by atomic mass is 10.1. The van der Waals surface area contributed by atoms with Crippen molar-refractivity contribution in [2.45, 2.75) is 33.6 Å². The van der Waals surface area contributed by atoms with E-state index >= 15 is 0 Å². The number of aryl methyl sites for hydroxylation is 2. The smallest absolute Gasteiger partial charge is 0.251 e. The van der Waals surface area contributed by atoms with Gasteiger partial charge in [0.05, 0.1) is 16.8 Å². The van der Waals surface area contributed by atoms with Crippen molar-refractivity contribution in [1.29, 1.82) is 0 Å². The molecular formula is C26H34N4O2S. The van der Waals surface area contributed by atoms with Gasteiger partial charge in [0.1, 0.15) is 5.75 Å². The lowest BCUT2D eigenvalue weighted by molar-refractivity contribution is 0.0947. The van der Waals surface area contributed by atoms with Gasteiger partial charge in [-0.2, -0.15) is 0 Å². The second-order valence-corrected chi connectivity index (χ2v) is 9.75. The Kier molecular flexibility index (Phi) is 7.83. The molecule has 1 saturated heterocycles. The molecule has 2 heterocycles. The molecule has 2 aromatic carbocycles. The van der Waals surface area contributed by atoms with E-state index in [1.165, 1.54) is 15.8 Å². The van der Waals surface area contributed by atoms with E-state index in [9.17, 15) is 4.79 Å². The monoisotopic (exact) mass is 466 g/mol. The number of thiazole rings is 1. The molecule has 176 valence electrons. The van der Waals surface area contributed by atoms with E-state index in [2.05, 4.69) is 48.0 Å². The molecule has 1 aliphatic rings. The second kappa shape index (κ2) is 11.0. The van der Waals surface area contributed by atoms with E-state index in [-0.39, 0.29) is 5.91 Å². The average molecular weight is 467 g/mol. The van der Waals surface area contributed by atoms with Gasteiger partial charge in [0.25, 0.3) is 5.91 Å². The van der Waals surface area contributed by atoms with Crippen LogP contribution >= 0.6 is 11.3 Å². The SMILES string of the molecule is CCCCOc1ccc(C(=O)NCCN2CCN(c3nc4c(C)cc(C)cc4s3)CC2)cc1. The number of anilines is 1. The fraction of sp³-hybridized carbons (Fsp3) is 0.462. The Morgan fingerprint density at radius 2 is 1.88 bits per heavy atom. The summed E-state index contributed by atoms with van der Waals surface area (Å²) in [5, 5.41) is 4.16. The minimum absolute atomic E-state index is 0.0334. The van der Waals surface area contributed by atoms with Gasteiger partial charge in [-0.15, -0.1) is 0 Å². The maximum atomic E-state index is 12.4. The van der Waals surface area contributed by atoms with Crippen LogP contribution in [0.4, 0.5) is 5.13 Å². The molecule has 1 fully saturated rings. The molecule has 1 amide bonds. The number of piperazine rings is 1. The van der Waals surface area contributed by atoms with E-state index in [1.54, 1.807) is 11.3 Å². The highest BCUT2D eigenvalue weighted by atomic mass is 32.1. The zero-order valence-electron chi connectivity index (χ0n) is 19.9. The highest BCUT2D eigenvalue weighted by molar-refractivity contribution is 7.22. The first-order chi connectivity index (χ1) is 16.0. The minimum Gasteiger partial charge on any atom is -0.494 e. The predicted molar refractivity (Wildman–Crippen MR) is 137 cm³/mol. The van der Waals surface area contributed by atoms with Gasteiger partial charge in [0.15, 0.2) is 5.13 Å². The Balaban J connectivity index is 1.21. The minimum atomic E-state index is -0.0334. The topological polar surface area (TPSA) is 57.7 Å². The first kappa shape index (κ1) is 23.5. The lowest BCUT2D eigenvalue weighted by Crippen LogP contribution is -2.48. The van der Waals surface area contributed by atoms with Crippen molar-refractivity contribution in [3.63, 3.8) is 0 Å². The van der Waals surface area contributed by atoms with Gasteiger partial charge >= 0.3 is 0 Å².